The summed E-state index contributed by atoms with van der Waals surface area (Å²) in [5.74, 6) is -0.177. The highest BCUT2D eigenvalue weighted by molar-refractivity contribution is 5.94. The lowest BCUT2D eigenvalue weighted by molar-refractivity contribution is 0.0772. The number of piperazine rings is 1. The van der Waals surface area contributed by atoms with E-state index in [0.29, 0.717) is 24.3 Å². The first-order valence-electron chi connectivity index (χ1n) is 9.12. The summed E-state index contributed by atoms with van der Waals surface area (Å²) in [6.45, 7) is 8.30. The third-order valence-corrected chi connectivity index (χ3v) is 4.86. The molecule has 26 heavy (non-hydrogen) atoms. The van der Waals surface area contributed by atoms with Crippen LogP contribution < -0.4 is 9.80 Å². The fourth-order valence-electron chi connectivity index (χ4n) is 3.32. The van der Waals surface area contributed by atoms with E-state index in [-0.39, 0.29) is 11.7 Å². The van der Waals surface area contributed by atoms with Crippen LogP contribution in [0.2, 0.25) is 0 Å². The first kappa shape index (κ1) is 18.2. The van der Waals surface area contributed by atoms with Crippen LogP contribution in [-0.4, -0.2) is 55.1 Å². The number of benzene rings is 1. The second-order valence-corrected chi connectivity index (χ2v) is 6.33. The van der Waals surface area contributed by atoms with Gasteiger partial charge in [-0.15, -0.1) is 0 Å². The number of amides is 1. The summed E-state index contributed by atoms with van der Waals surface area (Å²) in [4.78, 5) is 22.8. The van der Waals surface area contributed by atoms with Crippen LogP contribution in [0.25, 0.3) is 0 Å². The van der Waals surface area contributed by atoms with Crippen LogP contribution in [0, 0.1) is 5.82 Å². The van der Waals surface area contributed by atoms with Gasteiger partial charge in [-0.3, -0.25) is 9.78 Å². The number of hydrogen-bond acceptors (Lipinski definition) is 4. The zero-order chi connectivity index (χ0) is 18.5. The van der Waals surface area contributed by atoms with E-state index in [4.69, 9.17) is 0 Å². The predicted octanol–water partition coefficient (Wildman–Crippen LogP) is 3.03. The number of rotatable bonds is 5. The van der Waals surface area contributed by atoms with Crippen molar-refractivity contribution in [2.45, 2.75) is 13.8 Å². The van der Waals surface area contributed by atoms with Gasteiger partial charge in [0.05, 0.1) is 23.1 Å². The van der Waals surface area contributed by atoms with E-state index in [9.17, 15) is 9.18 Å². The molecule has 1 aromatic heterocycles. The average molecular weight is 356 g/mol. The lowest BCUT2D eigenvalue weighted by Crippen LogP contribution is -2.47. The molecule has 5 nitrogen and oxygen atoms in total. The smallest absolute Gasteiger partial charge is 0.255 e. The van der Waals surface area contributed by atoms with Crippen LogP contribution in [0.15, 0.2) is 42.7 Å². The van der Waals surface area contributed by atoms with Crippen molar-refractivity contribution in [1.82, 2.24) is 9.88 Å². The monoisotopic (exact) mass is 356 g/mol. The summed E-state index contributed by atoms with van der Waals surface area (Å²) in [5.41, 5.74) is 2.20. The standard InChI is InChI=1S/C20H25FN4O/c1-3-23(4-2)20(26)16-13-17(15-22-14-16)24-9-11-25(12-10-24)19-8-6-5-7-18(19)21/h5-8,13-15H,3-4,9-12H2,1-2H3. The number of carbonyl (C=O) groups excluding carboxylic acids is 1. The van der Waals surface area contributed by atoms with E-state index < -0.39 is 0 Å². The van der Waals surface area contributed by atoms with Crippen molar-refractivity contribution in [3.63, 3.8) is 0 Å². The van der Waals surface area contributed by atoms with Crippen molar-refractivity contribution < 1.29 is 9.18 Å². The number of para-hydroxylation sites is 1. The number of aromatic nitrogens is 1. The topological polar surface area (TPSA) is 39.7 Å². The minimum absolute atomic E-state index is 0.00865. The zero-order valence-corrected chi connectivity index (χ0v) is 15.4. The lowest BCUT2D eigenvalue weighted by atomic mass is 10.2. The third-order valence-electron chi connectivity index (χ3n) is 4.86. The molecular weight excluding hydrogens is 331 g/mol. The van der Waals surface area contributed by atoms with Crippen molar-refractivity contribution >= 4 is 17.3 Å². The summed E-state index contributed by atoms with van der Waals surface area (Å²) in [6.07, 6.45) is 3.41. The molecule has 2 heterocycles. The Balaban J connectivity index is 1.69. The third kappa shape index (κ3) is 3.79. The van der Waals surface area contributed by atoms with Gasteiger partial charge in [0.1, 0.15) is 5.82 Å². The Morgan fingerprint density at radius 2 is 1.73 bits per heavy atom. The van der Waals surface area contributed by atoms with E-state index in [1.165, 1.54) is 6.07 Å². The maximum atomic E-state index is 14.0. The van der Waals surface area contributed by atoms with Crippen molar-refractivity contribution in [1.29, 1.82) is 0 Å². The van der Waals surface area contributed by atoms with E-state index in [1.54, 1.807) is 23.4 Å². The molecule has 2 aromatic rings. The van der Waals surface area contributed by atoms with Gasteiger partial charge in [0, 0.05) is 45.5 Å². The van der Waals surface area contributed by atoms with Gasteiger partial charge in [-0.05, 0) is 32.0 Å². The molecule has 1 aromatic carbocycles. The number of carbonyl (C=O) groups is 1. The Morgan fingerprint density at radius 3 is 2.38 bits per heavy atom. The molecule has 1 saturated heterocycles. The fourth-order valence-corrected chi connectivity index (χ4v) is 3.32. The minimum atomic E-state index is -0.186. The largest absolute Gasteiger partial charge is 0.367 e. The molecule has 0 saturated carbocycles. The highest BCUT2D eigenvalue weighted by Gasteiger charge is 2.21. The highest BCUT2D eigenvalue weighted by atomic mass is 19.1. The molecule has 0 radical (unpaired) electrons. The molecule has 0 N–H and O–H groups in total. The normalized spacial score (nSPS) is 14.4. The Morgan fingerprint density at radius 1 is 1.08 bits per heavy atom. The molecule has 0 aliphatic carbocycles. The van der Waals surface area contributed by atoms with Crippen LogP contribution in [0.5, 0.6) is 0 Å². The first-order valence-corrected chi connectivity index (χ1v) is 9.12. The van der Waals surface area contributed by atoms with Crippen LogP contribution in [0.3, 0.4) is 0 Å². The summed E-state index contributed by atoms with van der Waals surface area (Å²) in [7, 11) is 0. The van der Waals surface area contributed by atoms with Crippen molar-refractivity contribution in [3.05, 3.63) is 54.1 Å². The molecule has 0 bridgehead atoms. The molecule has 6 heteroatoms. The summed E-state index contributed by atoms with van der Waals surface area (Å²) in [6, 6.07) is 8.78. The van der Waals surface area contributed by atoms with Crippen LogP contribution in [0.4, 0.5) is 15.8 Å². The van der Waals surface area contributed by atoms with E-state index in [2.05, 4.69) is 14.8 Å². The Kier molecular flexibility index (Phi) is 5.71. The Bertz CT molecular complexity index is 755. The van der Waals surface area contributed by atoms with Crippen LogP contribution in [0.1, 0.15) is 24.2 Å². The zero-order valence-electron chi connectivity index (χ0n) is 15.4. The van der Waals surface area contributed by atoms with Gasteiger partial charge in [0.25, 0.3) is 5.91 Å². The van der Waals surface area contributed by atoms with Crippen molar-refractivity contribution in [2.75, 3.05) is 49.1 Å². The number of nitrogens with zero attached hydrogens (tertiary/aromatic N) is 4. The molecule has 1 fully saturated rings. The number of anilines is 2. The van der Waals surface area contributed by atoms with Gasteiger partial charge in [-0.1, -0.05) is 12.1 Å². The lowest BCUT2D eigenvalue weighted by Gasteiger charge is -2.37. The molecular formula is C20H25FN4O. The molecule has 0 atom stereocenters. The molecule has 138 valence electrons. The highest BCUT2D eigenvalue weighted by Crippen LogP contribution is 2.23. The van der Waals surface area contributed by atoms with Gasteiger partial charge in [-0.25, -0.2) is 4.39 Å². The van der Waals surface area contributed by atoms with Crippen LogP contribution in [-0.2, 0) is 0 Å². The van der Waals surface area contributed by atoms with Gasteiger partial charge >= 0.3 is 0 Å². The maximum Gasteiger partial charge on any atom is 0.255 e. The van der Waals surface area contributed by atoms with E-state index in [0.717, 1.165) is 31.9 Å². The SMILES string of the molecule is CCN(CC)C(=O)c1cncc(N2CCN(c3ccccc3F)CC2)c1. The number of hydrogen-bond donors (Lipinski definition) is 0. The molecule has 1 aliphatic heterocycles. The quantitative estimate of drug-likeness (QED) is 0.826. The van der Waals surface area contributed by atoms with Crippen LogP contribution >= 0.6 is 0 Å². The summed E-state index contributed by atoms with van der Waals surface area (Å²) in [5, 5.41) is 0. The molecule has 0 unspecified atom stereocenters. The molecule has 1 aliphatic rings. The van der Waals surface area contributed by atoms with Crippen molar-refractivity contribution in [3.8, 4) is 0 Å². The number of halogens is 1. The summed E-state index contributed by atoms with van der Waals surface area (Å²) < 4.78 is 14.0. The second-order valence-electron chi connectivity index (χ2n) is 6.33. The Hall–Kier alpha value is -2.63. The maximum absolute atomic E-state index is 14.0. The Labute approximate surface area is 154 Å². The number of pyridine rings is 1. The summed E-state index contributed by atoms with van der Waals surface area (Å²) >= 11 is 0. The van der Waals surface area contributed by atoms with Gasteiger partial charge in [0.15, 0.2) is 0 Å². The molecule has 1 amide bonds. The average Bonchev–Trinajstić information content (AvgIpc) is 2.69. The fraction of sp³-hybridized carbons (Fsp3) is 0.400. The molecule has 0 spiro atoms. The van der Waals surface area contributed by atoms with E-state index >= 15 is 0 Å². The second kappa shape index (κ2) is 8.17. The van der Waals surface area contributed by atoms with E-state index in [1.807, 2.05) is 32.0 Å². The van der Waals surface area contributed by atoms with Crippen molar-refractivity contribution in [2.24, 2.45) is 0 Å². The minimum Gasteiger partial charge on any atom is -0.367 e. The van der Waals surface area contributed by atoms with Gasteiger partial charge in [-0.2, -0.15) is 0 Å². The molecule has 3 rings (SSSR count). The van der Waals surface area contributed by atoms with Gasteiger partial charge < -0.3 is 14.7 Å². The first-order chi connectivity index (χ1) is 12.6. The predicted molar refractivity (Wildman–Crippen MR) is 102 cm³/mol. The van der Waals surface area contributed by atoms with Gasteiger partial charge in [0.2, 0.25) is 0 Å².